The molecule has 0 saturated carbocycles. The maximum Gasteiger partial charge on any atom is 0.243 e. The molecule has 0 aliphatic heterocycles. The van der Waals surface area contributed by atoms with Crippen molar-refractivity contribution in [2.75, 3.05) is 21.3 Å². The molecule has 0 heterocycles. The molecule has 0 bridgehead atoms. The first-order valence-electron chi connectivity index (χ1n) is 13.6. The molecule has 218 valence electrons. The number of methoxy groups -OCH3 is 3. The van der Waals surface area contributed by atoms with Gasteiger partial charge < -0.3 is 24.4 Å². The Balaban J connectivity index is 1.66. The number of halogens is 1. The Morgan fingerprint density at radius 3 is 2.02 bits per heavy atom. The van der Waals surface area contributed by atoms with Gasteiger partial charge in [0, 0.05) is 24.5 Å². The summed E-state index contributed by atoms with van der Waals surface area (Å²) in [4.78, 5) is 29.6. The van der Waals surface area contributed by atoms with E-state index in [1.54, 1.807) is 50.5 Å². The van der Waals surface area contributed by atoms with Gasteiger partial charge in [-0.1, -0.05) is 72.3 Å². The zero-order valence-corrected chi connectivity index (χ0v) is 24.8. The van der Waals surface area contributed by atoms with Crippen LogP contribution in [0.15, 0.2) is 97.1 Å². The molecular formula is C34H35ClN2O5. The summed E-state index contributed by atoms with van der Waals surface area (Å²) in [5, 5.41) is 3.67. The fourth-order valence-electron chi connectivity index (χ4n) is 4.66. The van der Waals surface area contributed by atoms with E-state index in [9.17, 15) is 9.59 Å². The Morgan fingerprint density at radius 2 is 1.38 bits per heavy atom. The van der Waals surface area contributed by atoms with Gasteiger partial charge in [-0.2, -0.15) is 0 Å². The summed E-state index contributed by atoms with van der Waals surface area (Å²) in [5.74, 6) is 1.38. The van der Waals surface area contributed by atoms with Crippen LogP contribution in [0.2, 0.25) is 5.02 Å². The average Bonchev–Trinajstić information content (AvgIpc) is 3.03. The van der Waals surface area contributed by atoms with Gasteiger partial charge in [0.25, 0.3) is 0 Å². The van der Waals surface area contributed by atoms with E-state index in [0.717, 1.165) is 22.3 Å². The Bertz CT molecular complexity index is 1460. The molecule has 8 heteroatoms. The van der Waals surface area contributed by atoms with Gasteiger partial charge in [-0.05, 0) is 58.7 Å². The highest BCUT2D eigenvalue weighted by Gasteiger charge is 2.30. The highest BCUT2D eigenvalue weighted by Crippen LogP contribution is 2.28. The zero-order chi connectivity index (χ0) is 29.9. The first kappa shape index (κ1) is 30.5. The van der Waals surface area contributed by atoms with Crippen LogP contribution in [0.5, 0.6) is 17.2 Å². The predicted octanol–water partition coefficient (Wildman–Crippen LogP) is 5.86. The average molecular weight is 587 g/mol. The third-order valence-corrected chi connectivity index (χ3v) is 7.22. The minimum atomic E-state index is -0.769. The van der Waals surface area contributed by atoms with Gasteiger partial charge in [0.05, 0.1) is 27.8 Å². The summed E-state index contributed by atoms with van der Waals surface area (Å²) >= 11 is 6.04. The zero-order valence-electron chi connectivity index (χ0n) is 24.0. The lowest BCUT2D eigenvalue weighted by molar-refractivity contribution is -0.140. The minimum Gasteiger partial charge on any atom is -0.497 e. The van der Waals surface area contributed by atoms with Crippen molar-refractivity contribution in [3.8, 4) is 17.2 Å². The molecule has 4 rings (SSSR count). The van der Waals surface area contributed by atoms with E-state index < -0.39 is 6.04 Å². The molecule has 1 atom stereocenters. The third-order valence-electron chi connectivity index (χ3n) is 6.97. The summed E-state index contributed by atoms with van der Waals surface area (Å²) < 4.78 is 16.1. The van der Waals surface area contributed by atoms with Crippen LogP contribution in [0.4, 0.5) is 0 Å². The summed E-state index contributed by atoms with van der Waals surface area (Å²) in [6, 6.07) is 29.1. The number of hydrogen-bond donors (Lipinski definition) is 1. The fraction of sp³-hybridized carbons (Fsp3) is 0.235. The van der Waals surface area contributed by atoms with Crippen molar-refractivity contribution in [3.05, 3.63) is 124 Å². The lowest BCUT2D eigenvalue weighted by atomic mass is 10.0. The van der Waals surface area contributed by atoms with Crippen LogP contribution in [-0.4, -0.2) is 44.1 Å². The Hall–Kier alpha value is -4.49. The van der Waals surface area contributed by atoms with Gasteiger partial charge in [0.15, 0.2) is 11.5 Å². The molecule has 7 nitrogen and oxygen atoms in total. The fourth-order valence-corrected chi connectivity index (χ4v) is 4.78. The Kier molecular flexibility index (Phi) is 10.8. The largest absolute Gasteiger partial charge is 0.497 e. The first-order chi connectivity index (χ1) is 20.4. The number of carbonyl (C=O) groups is 2. The smallest absolute Gasteiger partial charge is 0.243 e. The van der Waals surface area contributed by atoms with Crippen LogP contribution in [-0.2, 0) is 35.5 Å². The Labute approximate surface area is 252 Å². The number of benzene rings is 4. The highest BCUT2D eigenvalue weighted by atomic mass is 35.5. The van der Waals surface area contributed by atoms with Crippen LogP contribution in [0.25, 0.3) is 0 Å². The third kappa shape index (κ3) is 8.27. The first-order valence-corrected chi connectivity index (χ1v) is 14.0. The summed E-state index contributed by atoms with van der Waals surface area (Å²) in [7, 11) is 4.73. The molecule has 4 aromatic rings. The van der Waals surface area contributed by atoms with Crippen molar-refractivity contribution in [2.24, 2.45) is 0 Å². The predicted molar refractivity (Wildman–Crippen MR) is 164 cm³/mol. The van der Waals surface area contributed by atoms with Gasteiger partial charge >= 0.3 is 0 Å². The van der Waals surface area contributed by atoms with Gasteiger partial charge in [-0.25, -0.2) is 0 Å². The molecule has 4 aromatic carbocycles. The molecule has 0 radical (unpaired) electrons. The van der Waals surface area contributed by atoms with Gasteiger partial charge in [-0.3, -0.25) is 9.59 Å². The van der Waals surface area contributed by atoms with Gasteiger partial charge in [-0.15, -0.1) is 0 Å². The normalized spacial score (nSPS) is 11.3. The van der Waals surface area contributed by atoms with Crippen LogP contribution < -0.4 is 19.5 Å². The lowest BCUT2D eigenvalue weighted by Crippen LogP contribution is -2.50. The van der Waals surface area contributed by atoms with Crippen LogP contribution in [0.1, 0.15) is 22.3 Å². The molecule has 0 fully saturated rings. The number of carbonyl (C=O) groups excluding carboxylic acids is 2. The standard InChI is InChI=1S/C34H35ClN2O5/c1-40-29-16-11-26(12-17-29)23-37(33(38)21-27-13-18-31(41-2)32(20-27)42-3)30(19-24-7-5-4-6-8-24)34(39)36-22-25-9-14-28(35)15-10-25/h4-18,20,30H,19,21-23H2,1-3H3,(H,36,39)/t30-/m0/s1. The van der Waals surface area contributed by atoms with Crippen molar-refractivity contribution >= 4 is 23.4 Å². The van der Waals surface area contributed by atoms with Gasteiger partial charge in [0.2, 0.25) is 11.8 Å². The van der Waals surface area contributed by atoms with E-state index in [1.165, 1.54) is 0 Å². The van der Waals surface area contributed by atoms with E-state index in [-0.39, 0.29) is 24.8 Å². The maximum absolute atomic E-state index is 14.1. The van der Waals surface area contributed by atoms with Crippen molar-refractivity contribution in [2.45, 2.75) is 32.0 Å². The molecule has 0 aliphatic carbocycles. The SMILES string of the molecule is COc1ccc(CN(C(=O)Cc2ccc(OC)c(OC)c2)[C@@H](Cc2ccccc2)C(=O)NCc2ccc(Cl)cc2)cc1. The van der Waals surface area contributed by atoms with Gasteiger partial charge in [0.1, 0.15) is 11.8 Å². The summed E-state index contributed by atoms with van der Waals surface area (Å²) in [6.07, 6.45) is 0.424. The molecule has 0 saturated heterocycles. The quantitative estimate of drug-likeness (QED) is 0.212. The van der Waals surface area contributed by atoms with E-state index in [4.69, 9.17) is 25.8 Å². The van der Waals surface area contributed by atoms with E-state index in [0.29, 0.717) is 35.2 Å². The molecule has 0 aliphatic rings. The number of rotatable bonds is 13. The van der Waals surface area contributed by atoms with E-state index in [2.05, 4.69) is 5.32 Å². The number of nitrogens with zero attached hydrogens (tertiary/aromatic N) is 1. The van der Waals surface area contributed by atoms with E-state index in [1.807, 2.05) is 72.8 Å². The van der Waals surface area contributed by atoms with Crippen LogP contribution in [0, 0.1) is 0 Å². The maximum atomic E-state index is 14.1. The molecule has 0 unspecified atom stereocenters. The monoisotopic (exact) mass is 586 g/mol. The second-order valence-corrected chi connectivity index (χ2v) is 10.2. The van der Waals surface area contributed by atoms with Crippen LogP contribution >= 0.6 is 11.6 Å². The topological polar surface area (TPSA) is 77.1 Å². The lowest BCUT2D eigenvalue weighted by Gasteiger charge is -2.32. The molecule has 0 aromatic heterocycles. The molecule has 42 heavy (non-hydrogen) atoms. The number of nitrogens with one attached hydrogen (secondary N) is 1. The van der Waals surface area contributed by atoms with Crippen molar-refractivity contribution in [3.63, 3.8) is 0 Å². The minimum absolute atomic E-state index is 0.0757. The van der Waals surface area contributed by atoms with Crippen molar-refractivity contribution < 1.29 is 23.8 Å². The van der Waals surface area contributed by atoms with Crippen LogP contribution in [0.3, 0.4) is 0 Å². The number of hydrogen-bond acceptors (Lipinski definition) is 5. The van der Waals surface area contributed by atoms with E-state index >= 15 is 0 Å². The Morgan fingerprint density at radius 1 is 0.738 bits per heavy atom. The van der Waals surface area contributed by atoms with Crippen molar-refractivity contribution in [1.29, 1.82) is 0 Å². The highest BCUT2D eigenvalue weighted by molar-refractivity contribution is 6.30. The number of amides is 2. The van der Waals surface area contributed by atoms with Crippen molar-refractivity contribution in [1.82, 2.24) is 10.2 Å². The molecule has 2 amide bonds. The summed E-state index contributed by atoms with van der Waals surface area (Å²) in [6.45, 7) is 0.545. The second-order valence-electron chi connectivity index (χ2n) is 9.79. The second kappa shape index (κ2) is 14.9. The number of ether oxygens (including phenoxy) is 3. The molecular weight excluding hydrogens is 552 g/mol. The summed E-state index contributed by atoms with van der Waals surface area (Å²) in [5.41, 5.74) is 3.48. The molecule has 0 spiro atoms. The molecule has 1 N–H and O–H groups in total.